The van der Waals surface area contributed by atoms with E-state index in [0.29, 0.717) is 0 Å². The molecule has 4 heteroatoms. The summed E-state index contributed by atoms with van der Waals surface area (Å²) in [4.78, 5) is 10.2. The van der Waals surface area contributed by atoms with Crippen LogP contribution in [0.5, 0.6) is 0 Å². The second kappa shape index (κ2) is 6.08. The van der Waals surface area contributed by atoms with Crippen molar-refractivity contribution in [1.82, 2.24) is 5.32 Å². The number of halogens is 1. The van der Waals surface area contributed by atoms with Crippen molar-refractivity contribution in [3.63, 3.8) is 0 Å². The Hall–Kier alpha value is -1.48. The third-order valence-corrected chi connectivity index (χ3v) is 1.30. The highest BCUT2D eigenvalue weighted by Gasteiger charge is 1.84. The van der Waals surface area contributed by atoms with Gasteiger partial charge in [0.2, 0.25) is 0 Å². The summed E-state index contributed by atoms with van der Waals surface area (Å²) in [6.07, 6.45) is 3.28. The van der Waals surface area contributed by atoms with Crippen molar-refractivity contribution in [2.45, 2.75) is 0 Å². The summed E-state index contributed by atoms with van der Waals surface area (Å²) < 4.78 is 0. The first kappa shape index (κ1) is 11.5. The Morgan fingerprint density at radius 3 is 2.46 bits per heavy atom. The predicted octanol–water partition coefficient (Wildman–Crippen LogP) is 1.75. The van der Waals surface area contributed by atoms with Crippen LogP contribution in [-0.2, 0) is 0 Å². The van der Waals surface area contributed by atoms with Crippen molar-refractivity contribution in [3.8, 4) is 0 Å². The molecule has 0 bridgehead atoms. The number of carbonyl (C=O) groups excluding carboxylic acids is 1. The van der Waals surface area contributed by atoms with Crippen LogP contribution >= 0.6 is 12.4 Å². The van der Waals surface area contributed by atoms with Crippen LogP contribution in [0.2, 0.25) is 0 Å². The van der Waals surface area contributed by atoms with Crippen LogP contribution in [-0.4, -0.2) is 6.03 Å². The van der Waals surface area contributed by atoms with Gasteiger partial charge in [0.1, 0.15) is 0 Å². The quantitative estimate of drug-likeness (QED) is 0.748. The number of urea groups is 1. The van der Waals surface area contributed by atoms with Crippen LogP contribution in [0.4, 0.5) is 4.79 Å². The number of primary amides is 1. The Kier molecular flexibility index (Phi) is 5.39. The van der Waals surface area contributed by atoms with Crippen LogP contribution in [0.15, 0.2) is 36.5 Å². The minimum Gasteiger partial charge on any atom is -0.351 e. The Morgan fingerprint density at radius 2 is 1.92 bits per heavy atom. The summed E-state index contributed by atoms with van der Waals surface area (Å²) in [5, 5.41) is 2.35. The van der Waals surface area contributed by atoms with Gasteiger partial charge in [-0.3, -0.25) is 0 Å². The molecule has 0 aromatic heterocycles. The van der Waals surface area contributed by atoms with Gasteiger partial charge in [0.25, 0.3) is 0 Å². The zero-order chi connectivity index (χ0) is 8.81. The van der Waals surface area contributed by atoms with Gasteiger partial charge in [-0.1, -0.05) is 30.3 Å². The van der Waals surface area contributed by atoms with Gasteiger partial charge in [0.15, 0.2) is 0 Å². The molecule has 2 amide bonds. The Bertz CT molecular complexity index is 285. The molecule has 0 atom stereocenters. The van der Waals surface area contributed by atoms with E-state index >= 15 is 0 Å². The lowest BCUT2D eigenvalue weighted by molar-refractivity contribution is 0.252. The number of nitrogens with two attached hydrogens (primary N) is 1. The first-order valence-electron chi connectivity index (χ1n) is 3.56. The van der Waals surface area contributed by atoms with E-state index in [2.05, 4.69) is 5.32 Å². The molecule has 1 aromatic carbocycles. The van der Waals surface area contributed by atoms with Crippen molar-refractivity contribution in [2.75, 3.05) is 0 Å². The number of benzene rings is 1. The molecule has 3 N–H and O–H groups in total. The van der Waals surface area contributed by atoms with E-state index in [1.807, 2.05) is 30.3 Å². The van der Waals surface area contributed by atoms with Gasteiger partial charge in [0.05, 0.1) is 0 Å². The van der Waals surface area contributed by atoms with E-state index in [1.165, 1.54) is 6.20 Å². The monoisotopic (exact) mass is 198 g/mol. The van der Waals surface area contributed by atoms with E-state index in [1.54, 1.807) is 6.08 Å². The van der Waals surface area contributed by atoms with Crippen molar-refractivity contribution in [3.05, 3.63) is 42.1 Å². The normalized spacial score (nSPS) is 9.23. The molecule has 1 rings (SSSR count). The van der Waals surface area contributed by atoms with Crippen molar-refractivity contribution in [1.29, 1.82) is 0 Å². The number of carbonyl (C=O) groups is 1. The van der Waals surface area contributed by atoms with Crippen molar-refractivity contribution < 1.29 is 4.79 Å². The lowest BCUT2D eigenvalue weighted by Gasteiger charge is -1.92. The smallest absolute Gasteiger partial charge is 0.316 e. The van der Waals surface area contributed by atoms with E-state index < -0.39 is 6.03 Å². The molecule has 0 aliphatic heterocycles. The minimum atomic E-state index is -0.554. The van der Waals surface area contributed by atoms with Crippen LogP contribution in [0.1, 0.15) is 5.56 Å². The molecule has 3 nitrogen and oxygen atoms in total. The van der Waals surface area contributed by atoms with E-state index in [9.17, 15) is 4.79 Å². The average Bonchev–Trinajstić information content (AvgIpc) is 2.05. The molecule has 0 unspecified atom stereocenters. The maximum atomic E-state index is 10.2. The Balaban J connectivity index is 0.00000144. The Labute approximate surface area is 83.0 Å². The summed E-state index contributed by atoms with van der Waals surface area (Å²) >= 11 is 0. The van der Waals surface area contributed by atoms with E-state index in [-0.39, 0.29) is 12.4 Å². The first-order chi connectivity index (χ1) is 5.79. The average molecular weight is 199 g/mol. The topological polar surface area (TPSA) is 55.1 Å². The molecule has 0 fully saturated rings. The third kappa shape index (κ3) is 4.87. The van der Waals surface area contributed by atoms with Crippen molar-refractivity contribution in [2.24, 2.45) is 5.73 Å². The summed E-state index contributed by atoms with van der Waals surface area (Å²) in [7, 11) is 0. The maximum absolute atomic E-state index is 10.2. The second-order valence-corrected chi connectivity index (χ2v) is 2.25. The van der Waals surface area contributed by atoms with Crippen LogP contribution in [0, 0.1) is 0 Å². The molecule has 0 aliphatic rings. The van der Waals surface area contributed by atoms with E-state index in [0.717, 1.165) is 5.56 Å². The van der Waals surface area contributed by atoms with Gasteiger partial charge in [-0.15, -0.1) is 12.4 Å². The zero-order valence-electron chi connectivity index (χ0n) is 6.94. The molecular weight excluding hydrogens is 188 g/mol. The molecule has 0 saturated carbocycles. The number of rotatable bonds is 2. The van der Waals surface area contributed by atoms with Crippen molar-refractivity contribution >= 4 is 24.5 Å². The molecule has 0 aliphatic carbocycles. The largest absolute Gasteiger partial charge is 0.351 e. The molecule has 0 spiro atoms. The minimum absolute atomic E-state index is 0. The van der Waals surface area contributed by atoms with Crippen LogP contribution < -0.4 is 11.1 Å². The first-order valence-corrected chi connectivity index (χ1v) is 3.56. The fourth-order valence-corrected chi connectivity index (χ4v) is 0.784. The third-order valence-electron chi connectivity index (χ3n) is 1.30. The molecule has 0 saturated heterocycles. The highest BCUT2D eigenvalue weighted by Crippen LogP contribution is 1.99. The Morgan fingerprint density at radius 1 is 1.31 bits per heavy atom. The maximum Gasteiger partial charge on any atom is 0.316 e. The van der Waals surface area contributed by atoms with Gasteiger partial charge >= 0.3 is 6.03 Å². The molecule has 0 radical (unpaired) electrons. The lowest BCUT2D eigenvalue weighted by Crippen LogP contribution is -2.23. The standard InChI is InChI=1S/C9H10N2O.ClH/c10-9(12)11-7-6-8-4-2-1-3-5-8;/h1-7H,(H3,10,11,12);1H. The van der Waals surface area contributed by atoms with Crippen LogP contribution in [0.3, 0.4) is 0 Å². The summed E-state index contributed by atoms with van der Waals surface area (Å²) in [6.45, 7) is 0. The van der Waals surface area contributed by atoms with Gasteiger partial charge < -0.3 is 11.1 Å². The van der Waals surface area contributed by atoms with Gasteiger partial charge in [-0.25, -0.2) is 4.79 Å². The SMILES string of the molecule is Cl.NC(=O)NC=Cc1ccccc1. The number of amides is 2. The second-order valence-electron chi connectivity index (χ2n) is 2.25. The lowest BCUT2D eigenvalue weighted by atomic mass is 10.2. The highest BCUT2D eigenvalue weighted by atomic mass is 35.5. The zero-order valence-corrected chi connectivity index (χ0v) is 7.75. The van der Waals surface area contributed by atoms with Gasteiger partial charge in [0, 0.05) is 6.20 Å². The molecule has 0 heterocycles. The molecule has 1 aromatic rings. The van der Waals surface area contributed by atoms with Crippen LogP contribution in [0.25, 0.3) is 6.08 Å². The highest BCUT2D eigenvalue weighted by molar-refractivity contribution is 5.85. The molecule has 70 valence electrons. The van der Waals surface area contributed by atoms with Gasteiger partial charge in [-0.05, 0) is 11.6 Å². The summed E-state index contributed by atoms with van der Waals surface area (Å²) in [5.41, 5.74) is 5.87. The molecular formula is C9H11ClN2O. The number of hydrogen-bond acceptors (Lipinski definition) is 1. The summed E-state index contributed by atoms with van der Waals surface area (Å²) in [6, 6.07) is 9.08. The number of hydrogen-bond donors (Lipinski definition) is 2. The van der Waals surface area contributed by atoms with Gasteiger partial charge in [-0.2, -0.15) is 0 Å². The number of nitrogens with one attached hydrogen (secondary N) is 1. The fourth-order valence-electron chi connectivity index (χ4n) is 0.784. The fraction of sp³-hybridized carbons (Fsp3) is 0. The predicted molar refractivity (Wildman–Crippen MR) is 55.4 cm³/mol. The molecule has 13 heavy (non-hydrogen) atoms. The van der Waals surface area contributed by atoms with E-state index in [4.69, 9.17) is 5.73 Å². The summed E-state index contributed by atoms with van der Waals surface area (Å²) in [5.74, 6) is 0.